The zero-order valence-corrected chi connectivity index (χ0v) is 21.0. The highest BCUT2D eigenvalue weighted by atomic mass is 35.5. The number of amides is 1. The van der Waals surface area contributed by atoms with Crippen LogP contribution in [0.4, 0.5) is 10.3 Å². The van der Waals surface area contributed by atoms with E-state index in [0.717, 1.165) is 0 Å². The number of rotatable bonds is 9. The number of allylic oxidation sites excluding steroid dienone is 1. The normalized spacial score (nSPS) is 17.8. The van der Waals surface area contributed by atoms with E-state index in [1.54, 1.807) is 4.90 Å². The first-order valence-electron chi connectivity index (χ1n) is 10.6. The molecule has 1 amide bonds. The van der Waals surface area contributed by atoms with Gasteiger partial charge in [-0.1, -0.05) is 29.8 Å². The van der Waals surface area contributed by atoms with Crippen LogP contribution in [0.25, 0.3) is 11.9 Å². The van der Waals surface area contributed by atoms with Crippen LogP contribution in [0.5, 0.6) is 11.5 Å². The van der Waals surface area contributed by atoms with Gasteiger partial charge in [-0.15, -0.1) is 0 Å². The average Bonchev–Trinajstić information content (AvgIpc) is 3.23. The lowest BCUT2D eigenvalue weighted by Gasteiger charge is -2.18. The molecular formula is C24H25Cl2FN4O4. The van der Waals surface area contributed by atoms with Crippen LogP contribution in [-0.2, 0) is 9.59 Å². The van der Waals surface area contributed by atoms with Crippen LogP contribution in [0, 0.1) is 5.92 Å². The summed E-state index contributed by atoms with van der Waals surface area (Å²) in [4.78, 5) is 33.9. The summed E-state index contributed by atoms with van der Waals surface area (Å²) < 4.78 is 25.5. The van der Waals surface area contributed by atoms with Crippen LogP contribution in [0.1, 0.15) is 24.5 Å². The second kappa shape index (κ2) is 11.5. The van der Waals surface area contributed by atoms with Gasteiger partial charge in [-0.3, -0.25) is 9.59 Å². The van der Waals surface area contributed by atoms with Gasteiger partial charge >= 0.3 is 0 Å². The third-order valence-corrected chi connectivity index (χ3v) is 6.42. The first-order chi connectivity index (χ1) is 16.7. The molecule has 35 heavy (non-hydrogen) atoms. The van der Waals surface area contributed by atoms with E-state index in [-0.39, 0.29) is 63.1 Å². The Balaban J connectivity index is 1.81. The Morgan fingerprint density at radius 3 is 2.31 bits per heavy atom. The van der Waals surface area contributed by atoms with Gasteiger partial charge in [0.2, 0.25) is 11.9 Å². The van der Waals surface area contributed by atoms with E-state index in [4.69, 9.17) is 32.7 Å². The van der Waals surface area contributed by atoms with E-state index < -0.39 is 5.83 Å². The Morgan fingerprint density at radius 2 is 1.80 bits per heavy atom. The first-order valence-corrected chi connectivity index (χ1v) is 11.4. The van der Waals surface area contributed by atoms with Gasteiger partial charge in [0.25, 0.3) is 0 Å². The molecule has 2 aromatic rings. The number of nitrogens with zero attached hydrogens (tertiary/aromatic N) is 3. The van der Waals surface area contributed by atoms with Crippen LogP contribution in [0.2, 0.25) is 10.0 Å². The van der Waals surface area contributed by atoms with E-state index in [1.807, 2.05) is 0 Å². The van der Waals surface area contributed by atoms with E-state index in [9.17, 15) is 9.59 Å². The zero-order chi connectivity index (χ0) is 25.7. The molecule has 1 aromatic carbocycles. The monoisotopic (exact) mass is 522 g/mol. The minimum Gasteiger partial charge on any atom is -0.495 e. The van der Waals surface area contributed by atoms with Gasteiger partial charge in [0, 0.05) is 56.4 Å². The lowest BCUT2D eigenvalue weighted by atomic mass is 9.97. The molecule has 8 nitrogen and oxygen atoms in total. The number of ether oxygens (including phenoxy) is 2. The van der Waals surface area contributed by atoms with Crippen molar-refractivity contribution in [2.45, 2.75) is 19.4 Å². The van der Waals surface area contributed by atoms with Gasteiger partial charge in [0.05, 0.1) is 35.9 Å². The molecule has 0 aliphatic carbocycles. The standard InChI is InChI=1S/C24H25Cl2FN4O4/c1-5-16(33)7-15-11-31(13(2)32)12-18(15)30-24-28-9-14(10-29-24)6-17(27)21-22(25)19(34-3)8-20(35-4)23(21)26/h5-6,8-10,15,18H,1,7,11-12H2,2-4H3,(H,28,29,30)/b17-6-. The molecule has 1 fully saturated rings. The van der Waals surface area contributed by atoms with Crippen molar-refractivity contribution in [3.05, 3.63) is 52.3 Å². The SMILES string of the molecule is C=CC(=O)CC1CN(C(C)=O)CC1Nc1ncc(/C=C(\F)c2c(Cl)c(OC)cc(OC)c2Cl)cn1. The number of aromatic nitrogens is 2. The Morgan fingerprint density at radius 1 is 1.20 bits per heavy atom. The molecule has 1 aliphatic heterocycles. The Bertz CT molecular complexity index is 1130. The van der Waals surface area contributed by atoms with Crippen LogP contribution in [-0.4, -0.2) is 59.9 Å². The lowest BCUT2D eigenvalue weighted by Crippen LogP contribution is -2.31. The Kier molecular flexibility index (Phi) is 8.69. The van der Waals surface area contributed by atoms with Gasteiger partial charge in [0.1, 0.15) is 17.3 Å². The van der Waals surface area contributed by atoms with Crippen molar-refractivity contribution >= 4 is 52.7 Å². The van der Waals surface area contributed by atoms with Crippen molar-refractivity contribution in [3.8, 4) is 11.5 Å². The van der Waals surface area contributed by atoms with Crippen molar-refractivity contribution in [3.63, 3.8) is 0 Å². The molecule has 0 bridgehead atoms. The van der Waals surface area contributed by atoms with Crippen LogP contribution < -0.4 is 14.8 Å². The quantitative estimate of drug-likeness (QED) is 0.478. The Labute approximate surface area is 212 Å². The molecule has 1 aliphatic rings. The van der Waals surface area contributed by atoms with Crippen LogP contribution >= 0.6 is 23.2 Å². The van der Waals surface area contributed by atoms with Crippen molar-refractivity contribution in [2.75, 3.05) is 32.6 Å². The maximum absolute atomic E-state index is 15.2. The number of nitrogens with one attached hydrogen (secondary N) is 1. The number of likely N-dealkylation sites (tertiary alicyclic amines) is 1. The second-order valence-electron chi connectivity index (χ2n) is 7.93. The van der Waals surface area contributed by atoms with Crippen molar-refractivity contribution < 1.29 is 23.5 Å². The highest BCUT2D eigenvalue weighted by molar-refractivity contribution is 6.39. The van der Waals surface area contributed by atoms with Gasteiger partial charge in [-0.2, -0.15) is 0 Å². The van der Waals surface area contributed by atoms with Crippen LogP contribution in [0.15, 0.2) is 31.1 Å². The summed E-state index contributed by atoms with van der Waals surface area (Å²) in [5.74, 6) is -0.307. The number of benzene rings is 1. The molecule has 0 saturated carbocycles. The summed E-state index contributed by atoms with van der Waals surface area (Å²) in [6.45, 7) is 5.86. The molecule has 2 unspecified atom stereocenters. The van der Waals surface area contributed by atoms with Gasteiger partial charge < -0.3 is 19.7 Å². The number of methoxy groups -OCH3 is 2. The summed E-state index contributed by atoms with van der Waals surface area (Å²) in [5.41, 5.74) is 0.286. The predicted molar refractivity (Wildman–Crippen MR) is 134 cm³/mol. The largest absolute Gasteiger partial charge is 0.495 e. The van der Waals surface area contributed by atoms with Crippen molar-refractivity contribution in [1.82, 2.24) is 14.9 Å². The zero-order valence-electron chi connectivity index (χ0n) is 19.5. The van der Waals surface area contributed by atoms with E-state index in [2.05, 4.69) is 21.9 Å². The van der Waals surface area contributed by atoms with Gasteiger partial charge in [-0.05, 0) is 12.2 Å². The van der Waals surface area contributed by atoms with Crippen LogP contribution in [0.3, 0.4) is 0 Å². The fourth-order valence-electron chi connectivity index (χ4n) is 3.81. The molecule has 2 atom stereocenters. The van der Waals surface area contributed by atoms with E-state index >= 15 is 4.39 Å². The highest BCUT2D eigenvalue weighted by Gasteiger charge is 2.35. The molecule has 2 heterocycles. The number of hydrogen-bond acceptors (Lipinski definition) is 7. The number of halogens is 3. The number of hydrogen-bond donors (Lipinski definition) is 1. The molecule has 1 N–H and O–H groups in total. The van der Waals surface area contributed by atoms with E-state index in [0.29, 0.717) is 18.7 Å². The molecule has 11 heteroatoms. The summed E-state index contributed by atoms with van der Waals surface area (Å²) in [6, 6.07) is 1.25. The predicted octanol–water partition coefficient (Wildman–Crippen LogP) is 4.67. The lowest BCUT2D eigenvalue weighted by molar-refractivity contribution is -0.128. The number of carbonyl (C=O) groups is 2. The number of anilines is 1. The maximum Gasteiger partial charge on any atom is 0.222 e. The molecule has 0 radical (unpaired) electrons. The fraction of sp³-hybridized carbons (Fsp3) is 0.333. The number of carbonyl (C=O) groups excluding carboxylic acids is 2. The summed E-state index contributed by atoms with van der Waals surface area (Å²) in [5, 5.41) is 3.18. The number of ketones is 1. The second-order valence-corrected chi connectivity index (χ2v) is 8.68. The van der Waals surface area contributed by atoms with Crippen molar-refractivity contribution in [2.24, 2.45) is 5.92 Å². The maximum atomic E-state index is 15.2. The minimum atomic E-state index is -0.725. The first kappa shape index (κ1) is 26.4. The molecule has 186 valence electrons. The third-order valence-electron chi connectivity index (χ3n) is 5.67. The molecule has 3 rings (SSSR count). The molecule has 1 aromatic heterocycles. The highest BCUT2D eigenvalue weighted by Crippen LogP contribution is 2.44. The summed E-state index contributed by atoms with van der Waals surface area (Å²) >= 11 is 12.5. The summed E-state index contributed by atoms with van der Waals surface area (Å²) in [6.07, 6.45) is 5.57. The fourth-order valence-corrected chi connectivity index (χ4v) is 4.49. The molecule has 1 saturated heterocycles. The molecular weight excluding hydrogens is 498 g/mol. The average molecular weight is 523 g/mol. The van der Waals surface area contributed by atoms with Gasteiger partial charge in [-0.25, -0.2) is 14.4 Å². The van der Waals surface area contributed by atoms with Gasteiger partial charge in [0.15, 0.2) is 5.78 Å². The minimum absolute atomic E-state index is 0.00243. The smallest absolute Gasteiger partial charge is 0.222 e. The Hall–Kier alpha value is -3.17. The van der Waals surface area contributed by atoms with Crippen molar-refractivity contribution in [1.29, 1.82) is 0 Å². The summed E-state index contributed by atoms with van der Waals surface area (Å²) in [7, 11) is 2.80. The van der Waals surface area contributed by atoms with E-state index in [1.165, 1.54) is 51.8 Å². The topological polar surface area (TPSA) is 93.7 Å². The molecule has 0 spiro atoms. The third kappa shape index (κ3) is 6.10.